The van der Waals surface area contributed by atoms with Crippen LogP contribution in [0.25, 0.3) is 0 Å². The van der Waals surface area contributed by atoms with E-state index < -0.39 is 6.61 Å². The summed E-state index contributed by atoms with van der Waals surface area (Å²) >= 11 is 1.17. The van der Waals surface area contributed by atoms with Gasteiger partial charge in [-0.3, -0.25) is 9.59 Å². The first kappa shape index (κ1) is 20.5. The minimum Gasteiger partial charge on any atom is -0.459 e. The Hall–Kier alpha value is -3.20. The summed E-state index contributed by atoms with van der Waals surface area (Å²) in [5.41, 5.74) is 1.62. The number of thiophene rings is 1. The van der Waals surface area contributed by atoms with Crippen molar-refractivity contribution in [1.29, 1.82) is 0 Å². The monoisotopic (exact) mass is 420 g/mol. The maximum atomic E-state index is 12.4. The van der Waals surface area contributed by atoms with Crippen molar-refractivity contribution in [2.24, 2.45) is 0 Å². The fraction of sp³-hybridized carbons (Fsp3) is 0.200. The molecule has 0 aliphatic carbocycles. The second kappa shape index (κ2) is 9.33. The summed E-state index contributed by atoms with van der Waals surface area (Å²) in [5.74, 6) is -0.357. The zero-order valence-electron chi connectivity index (χ0n) is 15.4. The number of halogens is 2. The van der Waals surface area contributed by atoms with Crippen LogP contribution in [0.4, 0.5) is 13.8 Å². The van der Waals surface area contributed by atoms with E-state index in [0.29, 0.717) is 22.8 Å². The molecule has 9 heteroatoms. The van der Waals surface area contributed by atoms with E-state index in [1.165, 1.54) is 29.7 Å². The van der Waals surface area contributed by atoms with Crippen molar-refractivity contribution in [3.05, 3.63) is 70.5 Å². The summed E-state index contributed by atoms with van der Waals surface area (Å²) in [4.78, 5) is 25.0. The molecule has 2 aromatic heterocycles. The van der Waals surface area contributed by atoms with Gasteiger partial charge in [-0.25, -0.2) is 0 Å². The van der Waals surface area contributed by atoms with E-state index in [1.54, 1.807) is 37.3 Å². The molecule has 29 heavy (non-hydrogen) atoms. The molecule has 3 rings (SSSR count). The van der Waals surface area contributed by atoms with Crippen molar-refractivity contribution in [1.82, 2.24) is 5.32 Å². The zero-order valence-corrected chi connectivity index (χ0v) is 16.2. The molecule has 0 atom stereocenters. The lowest BCUT2D eigenvalue weighted by Gasteiger charge is -2.07. The molecule has 0 spiro atoms. The Morgan fingerprint density at radius 1 is 1.17 bits per heavy atom. The maximum absolute atomic E-state index is 12.4. The minimum atomic E-state index is -2.86. The number of hydrogen-bond donors (Lipinski definition) is 2. The van der Waals surface area contributed by atoms with Crippen molar-refractivity contribution >= 4 is 28.2 Å². The van der Waals surface area contributed by atoms with Crippen LogP contribution in [0.1, 0.15) is 31.4 Å². The fourth-order valence-electron chi connectivity index (χ4n) is 2.59. The second-order valence-corrected chi connectivity index (χ2v) is 7.13. The Kier molecular flexibility index (Phi) is 6.61. The van der Waals surface area contributed by atoms with Gasteiger partial charge in [0.15, 0.2) is 5.76 Å². The standard InChI is InChI=1S/C20H18F2N2O4S/c1-12-11-16(24-18(25)15-3-2-10-27-15)29-17(12)19(26)23-9-8-13-4-6-14(7-5-13)28-20(21)22/h2-7,10-11,20H,8-9H2,1H3,(H,23,26)(H,24,25). The molecule has 0 saturated heterocycles. The molecule has 152 valence electrons. The molecule has 0 radical (unpaired) electrons. The number of aryl methyl sites for hydroxylation is 1. The van der Waals surface area contributed by atoms with E-state index in [1.807, 2.05) is 0 Å². The summed E-state index contributed by atoms with van der Waals surface area (Å²) in [6.07, 6.45) is 1.94. The highest BCUT2D eigenvalue weighted by Crippen LogP contribution is 2.27. The number of nitrogens with one attached hydrogen (secondary N) is 2. The number of anilines is 1. The Morgan fingerprint density at radius 3 is 2.59 bits per heavy atom. The van der Waals surface area contributed by atoms with Gasteiger partial charge >= 0.3 is 6.61 Å². The first-order chi connectivity index (χ1) is 13.9. The van der Waals surface area contributed by atoms with Crippen LogP contribution in [0.5, 0.6) is 5.75 Å². The van der Waals surface area contributed by atoms with Crippen LogP contribution >= 0.6 is 11.3 Å². The molecular weight excluding hydrogens is 402 g/mol. The average Bonchev–Trinajstić information content (AvgIpc) is 3.32. The van der Waals surface area contributed by atoms with Crippen molar-refractivity contribution in [3.8, 4) is 5.75 Å². The highest BCUT2D eigenvalue weighted by atomic mass is 32.1. The second-order valence-electron chi connectivity index (χ2n) is 6.08. The summed E-state index contributed by atoms with van der Waals surface area (Å²) in [6, 6.07) is 11.1. The van der Waals surface area contributed by atoms with Crippen LogP contribution in [0.15, 0.2) is 53.1 Å². The third-order valence-electron chi connectivity index (χ3n) is 3.95. The largest absolute Gasteiger partial charge is 0.459 e. The molecule has 0 fully saturated rings. The van der Waals surface area contributed by atoms with Gasteiger partial charge < -0.3 is 19.8 Å². The Balaban J connectivity index is 1.51. The highest BCUT2D eigenvalue weighted by molar-refractivity contribution is 7.18. The van der Waals surface area contributed by atoms with Gasteiger partial charge in [-0.05, 0) is 54.8 Å². The predicted molar refractivity (Wildman–Crippen MR) is 105 cm³/mol. The maximum Gasteiger partial charge on any atom is 0.387 e. The Bertz CT molecular complexity index is 969. The van der Waals surface area contributed by atoms with Crippen LogP contribution < -0.4 is 15.4 Å². The van der Waals surface area contributed by atoms with Gasteiger partial charge in [-0.2, -0.15) is 8.78 Å². The van der Waals surface area contributed by atoms with Crippen molar-refractivity contribution < 1.29 is 27.5 Å². The van der Waals surface area contributed by atoms with E-state index in [-0.39, 0.29) is 23.3 Å². The normalized spacial score (nSPS) is 10.8. The number of furan rings is 1. The number of rotatable bonds is 8. The van der Waals surface area contributed by atoms with E-state index in [9.17, 15) is 18.4 Å². The van der Waals surface area contributed by atoms with Gasteiger partial charge in [0.05, 0.1) is 16.1 Å². The van der Waals surface area contributed by atoms with Crippen molar-refractivity contribution in [3.63, 3.8) is 0 Å². The quantitative estimate of drug-likeness (QED) is 0.563. The van der Waals surface area contributed by atoms with Gasteiger partial charge in [-0.15, -0.1) is 11.3 Å². The summed E-state index contributed by atoms with van der Waals surface area (Å²) in [5, 5.41) is 6.07. The predicted octanol–water partition coefficient (Wildman–Crippen LogP) is 4.48. The number of ether oxygens (including phenoxy) is 1. The van der Waals surface area contributed by atoms with Gasteiger partial charge in [-0.1, -0.05) is 12.1 Å². The SMILES string of the molecule is Cc1cc(NC(=O)c2ccco2)sc1C(=O)NCCc1ccc(OC(F)F)cc1. The van der Waals surface area contributed by atoms with Crippen molar-refractivity contribution in [2.75, 3.05) is 11.9 Å². The van der Waals surface area contributed by atoms with Gasteiger partial charge in [0.2, 0.25) is 0 Å². The number of benzene rings is 1. The molecule has 0 aliphatic heterocycles. The van der Waals surface area contributed by atoms with Gasteiger partial charge in [0, 0.05) is 6.54 Å². The van der Waals surface area contributed by atoms with E-state index in [4.69, 9.17) is 4.42 Å². The minimum absolute atomic E-state index is 0.0890. The molecule has 0 bridgehead atoms. The molecule has 2 amide bonds. The molecule has 0 aliphatic rings. The topological polar surface area (TPSA) is 80.6 Å². The lowest BCUT2D eigenvalue weighted by molar-refractivity contribution is -0.0498. The van der Waals surface area contributed by atoms with Crippen LogP contribution in [-0.4, -0.2) is 25.0 Å². The number of alkyl halides is 2. The van der Waals surface area contributed by atoms with E-state index in [2.05, 4.69) is 15.4 Å². The third kappa shape index (κ3) is 5.64. The van der Waals surface area contributed by atoms with Crippen molar-refractivity contribution in [2.45, 2.75) is 20.0 Å². The zero-order chi connectivity index (χ0) is 20.8. The third-order valence-corrected chi connectivity index (χ3v) is 5.10. The molecule has 0 unspecified atom stereocenters. The smallest absolute Gasteiger partial charge is 0.387 e. The summed E-state index contributed by atoms with van der Waals surface area (Å²) in [6.45, 7) is -0.697. The first-order valence-corrected chi connectivity index (χ1v) is 9.51. The van der Waals surface area contributed by atoms with E-state index in [0.717, 1.165) is 11.1 Å². The molecule has 1 aromatic carbocycles. The summed E-state index contributed by atoms with van der Waals surface area (Å²) < 4.78 is 33.6. The van der Waals surface area contributed by atoms with Crippen LogP contribution in [-0.2, 0) is 6.42 Å². The number of carbonyl (C=O) groups excluding carboxylic acids is 2. The number of carbonyl (C=O) groups is 2. The lowest BCUT2D eigenvalue weighted by atomic mass is 10.1. The molecule has 2 heterocycles. The van der Waals surface area contributed by atoms with Crippen LogP contribution in [0, 0.1) is 6.92 Å². The van der Waals surface area contributed by atoms with Crippen LogP contribution in [0.2, 0.25) is 0 Å². The molecule has 0 saturated carbocycles. The fourth-order valence-corrected chi connectivity index (χ4v) is 3.57. The molecule has 3 aromatic rings. The van der Waals surface area contributed by atoms with E-state index >= 15 is 0 Å². The number of amides is 2. The first-order valence-electron chi connectivity index (χ1n) is 8.69. The Morgan fingerprint density at radius 2 is 1.93 bits per heavy atom. The molecular formula is C20H18F2N2O4S. The Labute approximate surface area is 169 Å². The van der Waals surface area contributed by atoms with Gasteiger partial charge in [0.1, 0.15) is 5.75 Å². The average molecular weight is 420 g/mol. The molecule has 6 nitrogen and oxygen atoms in total. The molecule has 2 N–H and O–H groups in total. The number of hydrogen-bond acceptors (Lipinski definition) is 5. The highest BCUT2D eigenvalue weighted by Gasteiger charge is 2.16. The lowest BCUT2D eigenvalue weighted by Crippen LogP contribution is -2.25. The van der Waals surface area contributed by atoms with Crippen LogP contribution in [0.3, 0.4) is 0 Å². The van der Waals surface area contributed by atoms with Gasteiger partial charge in [0.25, 0.3) is 11.8 Å². The summed E-state index contributed by atoms with van der Waals surface area (Å²) in [7, 11) is 0.